The van der Waals surface area contributed by atoms with Gasteiger partial charge in [-0.25, -0.2) is 0 Å². The molecule has 1 saturated heterocycles. The Morgan fingerprint density at radius 3 is 2.70 bits per heavy atom. The van der Waals surface area contributed by atoms with Gasteiger partial charge in [-0.3, -0.25) is 9.69 Å². The van der Waals surface area contributed by atoms with Gasteiger partial charge in [0.1, 0.15) is 0 Å². The maximum absolute atomic E-state index is 12.4. The molecular formula is C17H27BrClN3O. The lowest BCUT2D eigenvalue weighted by Gasteiger charge is -2.34. The fraction of sp³-hybridized carbons (Fsp3) is 0.588. The smallest absolute Gasteiger partial charge is 0.238 e. The molecule has 23 heavy (non-hydrogen) atoms. The van der Waals surface area contributed by atoms with Gasteiger partial charge < -0.3 is 10.6 Å². The molecule has 1 amide bonds. The number of rotatable bonds is 6. The molecule has 130 valence electrons. The van der Waals surface area contributed by atoms with Crippen molar-refractivity contribution in [3.05, 3.63) is 28.2 Å². The van der Waals surface area contributed by atoms with Gasteiger partial charge in [0.05, 0.1) is 12.2 Å². The molecule has 2 N–H and O–H groups in total. The molecule has 0 spiro atoms. The highest BCUT2D eigenvalue weighted by molar-refractivity contribution is 9.10. The molecule has 1 aromatic rings. The number of hydrogen-bond acceptors (Lipinski definition) is 3. The summed E-state index contributed by atoms with van der Waals surface area (Å²) >= 11 is 3.51. The molecular weight excluding hydrogens is 378 g/mol. The van der Waals surface area contributed by atoms with Crippen LogP contribution in [0.5, 0.6) is 0 Å². The van der Waals surface area contributed by atoms with Gasteiger partial charge in [-0.2, -0.15) is 0 Å². The number of nitrogens with one attached hydrogen (secondary N) is 2. The number of amides is 1. The van der Waals surface area contributed by atoms with Crippen LogP contribution in [0.25, 0.3) is 0 Å². The van der Waals surface area contributed by atoms with Gasteiger partial charge in [0, 0.05) is 10.5 Å². The fourth-order valence-electron chi connectivity index (χ4n) is 2.95. The first kappa shape index (κ1) is 20.4. The van der Waals surface area contributed by atoms with E-state index in [2.05, 4.69) is 38.4 Å². The maximum atomic E-state index is 12.4. The van der Waals surface area contributed by atoms with Gasteiger partial charge in [-0.1, -0.05) is 13.0 Å². The second-order valence-corrected chi connectivity index (χ2v) is 6.84. The van der Waals surface area contributed by atoms with E-state index in [0.29, 0.717) is 12.6 Å². The second kappa shape index (κ2) is 10.3. The summed E-state index contributed by atoms with van der Waals surface area (Å²) in [7, 11) is 0. The molecule has 1 aliphatic heterocycles. The van der Waals surface area contributed by atoms with Crippen molar-refractivity contribution in [2.45, 2.75) is 39.2 Å². The molecule has 1 fully saturated rings. The molecule has 0 aromatic heterocycles. The minimum absolute atomic E-state index is 0. The monoisotopic (exact) mass is 403 g/mol. The summed E-state index contributed by atoms with van der Waals surface area (Å²) in [6, 6.07) is 6.50. The second-order valence-electron chi connectivity index (χ2n) is 5.98. The Morgan fingerprint density at radius 1 is 1.39 bits per heavy atom. The number of carbonyl (C=O) groups is 1. The molecule has 1 aromatic carbocycles. The van der Waals surface area contributed by atoms with E-state index in [0.717, 1.165) is 49.1 Å². The van der Waals surface area contributed by atoms with E-state index in [1.807, 2.05) is 25.1 Å². The topological polar surface area (TPSA) is 44.4 Å². The Labute approximate surface area is 153 Å². The molecule has 0 bridgehead atoms. The SMILES string of the molecule is CCCN(CC(=O)Nc1ccc(C)cc1Br)C1CCNCC1.Cl. The summed E-state index contributed by atoms with van der Waals surface area (Å²) in [6.45, 7) is 7.76. The third-order valence-electron chi connectivity index (χ3n) is 4.08. The summed E-state index contributed by atoms with van der Waals surface area (Å²) in [6.07, 6.45) is 3.33. The molecule has 1 heterocycles. The summed E-state index contributed by atoms with van der Waals surface area (Å²) in [4.78, 5) is 14.7. The number of halogens is 2. The summed E-state index contributed by atoms with van der Waals surface area (Å²) in [5, 5.41) is 6.41. The molecule has 0 aliphatic carbocycles. The molecule has 0 unspecified atom stereocenters. The Hall–Kier alpha value is -0.620. The van der Waals surface area contributed by atoms with Crippen molar-refractivity contribution >= 4 is 39.9 Å². The third-order valence-corrected chi connectivity index (χ3v) is 4.74. The number of aryl methyl sites for hydroxylation is 1. The van der Waals surface area contributed by atoms with Crippen LogP contribution >= 0.6 is 28.3 Å². The largest absolute Gasteiger partial charge is 0.324 e. The lowest BCUT2D eigenvalue weighted by atomic mass is 10.0. The van der Waals surface area contributed by atoms with Crippen LogP contribution < -0.4 is 10.6 Å². The zero-order chi connectivity index (χ0) is 15.9. The van der Waals surface area contributed by atoms with E-state index in [1.165, 1.54) is 5.56 Å². The quantitative estimate of drug-likeness (QED) is 0.761. The van der Waals surface area contributed by atoms with E-state index in [9.17, 15) is 4.79 Å². The van der Waals surface area contributed by atoms with Crippen LogP contribution in [0.15, 0.2) is 22.7 Å². The Kier molecular flexibility index (Phi) is 9.14. The number of anilines is 1. The van der Waals surface area contributed by atoms with Crippen LogP contribution in [-0.2, 0) is 4.79 Å². The van der Waals surface area contributed by atoms with Crippen molar-refractivity contribution in [1.82, 2.24) is 10.2 Å². The van der Waals surface area contributed by atoms with E-state index in [1.54, 1.807) is 0 Å². The molecule has 1 aliphatic rings. The number of carbonyl (C=O) groups excluding carboxylic acids is 1. The van der Waals surface area contributed by atoms with Crippen LogP contribution in [0.2, 0.25) is 0 Å². The zero-order valence-electron chi connectivity index (χ0n) is 13.9. The highest BCUT2D eigenvalue weighted by Crippen LogP contribution is 2.23. The molecule has 0 atom stereocenters. The van der Waals surface area contributed by atoms with Crippen molar-refractivity contribution in [1.29, 1.82) is 0 Å². The predicted octanol–water partition coefficient (Wildman–Crippen LogP) is 3.58. The Balaban J connectivity index is 0.00000264. The molecule has 0 radical (unpaired) electrons. The molecule has 0 saturated carbocycles. The predicted molar refractivity (Wildman–Crippen MR) is 103 cm³/mol. The Bertz CT molecular complexity index is 507. The minimum Gasteiger partial charge on any atom is -0.324 e. The van der Waals surface area contributed by atoms with Crippen molar-refractivity contribution < 1.29 is 4.79 Å². The van der Waals surface area contributed by atoms with Gasteiger partial charge in [0.15, 0.2) is 0 Å². The summed E-state index contributed by atoms with van der Waals surface area (Å²) in [5.74, 6) is 0.0662. The van der Waals surface area contributed by atoms with Gasteiger partial charge >= 0.3 is 0 Å². The van der Waals surface area contributed by atoms with Crippen LogP contribution in [0.4, 0.5) is 5.69 Å². The van der Waals surface area contributed by atoms with Gasteiger partial charge in [0.2, 0.25) is 5.91 Å². The van der Waals surface area contributed by atoms with Crippen molar-refractivity contribution in [3.63, 3.8) is 0 Å². The number of nitrogens with zero attached hydrogens (tertiary/aromatic N) is 1. The normalized spacial score (nSPS) is 15.3. The lowest BCUT2D eigenvalue weighted by molar-refractivity contribution is -0.118. The van der Waals surface area contributed by atoms with Crippen molar-refractivity contribution in [3.8, 4) is 0 Å². The van der Waals surface area contributed by atoms with Crippen LogP contribution in [-0.4, -0.2) is 43.0 Å². The van der Waals surface area contributed by atoms with E-state index < -0.39 is 0 Å². The summed E-state index contributed by atoms with van der Waals surface area (Å²) in [5.41, 5.74) is 2.02. The third kappa shape index (κ3) is 6.42. The first-order chi connectivity index (χ1) is 10.6. The number of benzene rings is 1. The standard InChI is InChI=1S/C17H26BrN3O.ClH/c1-3-10-21(14-6-8-19-9-7-14)12-17(22)20-16-5-4-13(2)11-15(16)18;/h4-5,11,14,19H,3,6-10,12H2,1-2H3,(H,20,22);1H. The number of hydrogen-bond donors (Lipinski definition) is 2. The minimum atomic E-state index is 0. The number of piperidine rings is 1. The highest BCUT2D eigenvalue weighted by Gasteiger charge is 2.22. The lowest BCUT2D eigenvalue weighted by Crippen LogP contribution is -2.46. The van der Waals surface area contributed by atoms with E-state index in [-0.39, 0.29) is 18.3 Å². The zero-order valence-corrected chi connectivity index (χ0v) is 16.3. The van der Waals surface area contributed by atoms with E-state index in [4.69, 9.17) is 0 Å². The Morgan fingerprint density at radius 2 is 2.09 bits per heavy atom. The first-order valence-electron chi connectivity index (χ1n) is 8.11. The van der Waals surface area contributed by atoms with Gasteiger partial charge in [-0.05, 0) is 79.4 Å². The average molecular weight is 405 g/mol. The highest BCUT2D eigenvalue weighted by atomic mass is 79.9. The average Bonchev–Trinajstić information content (AvgIpc) is 2.50. The van der Waals surface area contributed by atoms with Crippen LogP contribution in [0.3, 0.4) is 0 Å². The molecule has 6 heteroatoms. The fourth-order valence-corrected chi connectivity index (χ4v) is 3.54. The maximum Gasteiger partial charge on any atom is 0.238 e. The first-order valence-corrected chi connectivity index (χ1v) is 8.90. The van der Waals surface area contributed by atoms with Crippen LogP contribution in [0.1, 0.15) is 31.7 Å². The van der Waals surface area contributed by atoms with Crippen molar-refractivity contribution in [2.75, 3.05) is 31.5 Å². The van der Waals surface area contributed by atoms with Gasteiger partial charge in [-0.15, -0.1) is 12.4 Å². The van der Waals surface area contributed by atoms with Crippen molar-refractivity contribution in [2.24, 2.45) is 0 Å². The van der Waals surface area contributed by atoms with E-state index >= 15 is 0 Å². The van der Waals surface area contributed by atoms with Gasteiger partial charge in [0.25, 0.3) is 0 Å². The molecule has 2 rings (SSSR count). The molecule has 4 nitrogen and oxygen atoms in total. The van der Waals surface area contributed by atoms with Crippen LogP contribution in [0, 0.1) is 6.92 Å². The summed E-state index contributed by atoms with van der Waals surface area (Å²) < 4.78 is 0.935.